The van der Waals surface area contributed by atoms with Crippen molar-refractivity contribution in [2.75, 3.05) is 5.32 Å². The van der Waals surface area contributed by atoms with E-state index in [0.717, 1.165) is 17.0 Å². The number of nitrogens with zero attached hydrogens (tertiary/aromatic N) is 1. The van der Waals surface area contributed by atoms with Gasteiger partial charge in [-0.2, -0.15) is 0 Å². The van der Waals surface area contributed by atoms with Crippen LogP contribution in [0.4, 0.5) is 5.13 Å². The first-order chi connectivity index (χ1) is 10.7. The molecule has 0 radical (unpaired) electrons. The molecule has 0 bridgehead atoms. The highest BCUT2D eigenvalue weighted by Crippen LogP contribution is 2.22. The third-order valence-electron chi connectivity index (χ3n) is 2.69. The van der Waals surface area contributed by atoms with Gasteiger partial charge in [-0.05, 0) is 41.0 Å². The zero-order chi connectivity index (χ0) is 17.6. The number of carbonyl (C=O) groups is 2. The molecule has 0 amide bonds. The Morgan fingerprint density at radius 2 is 1.70 bits per heavy atom. The van der Waals surface area contributed by atoms with Gasteiger partial charge in [-0.25, -0.2) is 14.6 Å². The van der Waals surface area contributed by atoms with Crippen LogP contribution in [0.15, 0.2) is 11.8 Å². The van der Waals surface area contributed by atoms with Crippen molar-refractivity contribution in [2.24, 2.45) is 0 Å². The first kappa shape index (κ1) is 19.2. The van der Waals surface area contributed by atoms with Gasteiger partial charge in [0.05, 0.1) is 17.9 Å². The molecule has 0 aliphatic carbocycles. The number of hydrogen-bond acceptors (Lipinski definition) is 7. The summed E-state index contributed by atoms with van der Waals surface area (Å²) in [6.07, 6.45) is 1.47. The number of rotatable bonds is 7. The molecule has 1 aromatic heterocycles. The summed E-state index contributed by atoms with van der Waals surface area (Å²) in [4.78, 5) is 29.7. The van der Waals surface area contributed by atoms with E-state index in [9.17, 15) is 9.59 Å². The normalized spacial score (nSPS) is 10.6. The Kier molecular flexibility index (Phi) is 7.22. The van der Waals surface area contributed by atoms with Crippen LogP contribution in [0.5, 0.6) is 0 Å². The number of thiazole rings is 1. The van der Waals surface area contributed by atoms with Gasteiger partial charge in [0.25, 0.3) is 0 Å². The number of hydrogen-bond donors (Lipinski definition) is 1. The van der Waals surface area contributed by atoms with Gasteiger partial charge in [0.15, 0.2) is 10.7 Å². The van der Waals surface area contributed by atoms with Crippen LogP contribution in [0.2, 0.25) is 0 Å². The molecule has 0 aliphatic rings. The van der Waals surface area contributed by atoms with E-state index < -0.39 is 11.9 Å². The Hall–Kier alpha value is -1.89. The second kappa shape index (κ2) is 8.67. The van der Waals surface area contributed by atoms with Crippen molar-refractivity contribution in [3.05, 3.63) is 22.3 Å². The van der Waals surface area contributed by atoms with Crippen molar-refractivity contribution in [1.29, 1.82) is 0 Å². The average Bonchev–Trinajstić information content (AvgIpc) is 2.77. The molecular formula is C16H24N2O4S. The Labute approximate surface area is 140 Å². The van der Waals surface area contributed by atoms with E-state index in [0.29, 0.717) is 5.13 Å². The Bertz CT molecular complexity index is 567. The quantitative estimate of drug-likeness (QED) is 0.355. The maximum atomic E-state index is 12.1. The fraction of sp³-hybridized carbons (Fsp3) is 0.562. The molecular weight excluding hydrogens is 316 g/mol. The SMILES string of the molecule is CCc1nc(NC=C(C(=O)OC(C)C)C(=O)OC(C)C)sc1C. The van der Waals surface area contributed by atoms with Gasteiger partial charge in [0, 0.05) is 11.1 Å². The highest BCUT2D eigenvalue weighted by molar-refractivity contribution is 7.15. The number of aryl methyl sites for hydroxylation is 2. The molecule has 1 rings (SSSR count). The summed E-state index contributed by atoms with van der Waals surface area (Å²) in [5.41, 5.74) is 0.806. The minimum atomic E-state index is -0.720. The summed E-state index contributed by atoms with van der Waals surface area (Å²) in [7, 11) is 0. The van der Waals surface area contributed by atoms with E-state index in [1.807, 2.05) is 13.8 Å². The van der Waals surface area contributed by atoms with Gasteiger partial charge in [-0.1, -0.05) is 6.92 Å². The molecule has 0 saturated heterocycles. The predicted octanol–water partition coefficient (Wildman–Crippen LogP) is 3.21. The monoisotopic (exact) mass is 340 g/mol. The molecule has 6 nitrogen and oxygen atoms in total. The fourth-order valence-electron chi connectivity index (χ4n) is 1.71. The van der Waals surface area contributed by atoms with Gasteiger partial charge >= 0.3 is 11.9 Å². The maximum absolute atomic E-state index is 12.1. The smallest absolute Gasteiger partial charge is 0.347 e. The molecule has 0 fully saturated rings. The molecule has 1 heterocycles. The van der Waals surface area contributed by atoms with Gasteiger partial charge < -0.3 is 14.8 Å². The van der Waals surface area contributed by atoms with E-state index in [4.69, 9.17) is 9.47 Å². The van der Waals surface area contributed by atoms with Gasteiger partial charge in [0.2, 0.25) is 0 Å². The van der Waals surface area contributed by atoms with Crippen LogP contribution < -0.4 is 5.32 Å². The molecule has 0 saturated carbocycles. The van der Waals surface area contributed by atoms with E-state index in [-0.39, 0.29) is 17.8 Å². The van der Waals surface area contributed by atoms with Crippen LogP contribution in [0, 0.1) is 6.92 Å². The van der Waals surface area contributed by atoms with Crippen LogP contribution in [-0.2, 0) is 25.5 Å². The minimum Gasteiger partial charge on any atom is -0.459 e. The third-order valence-corrected chi connectivity index (χ3v) is 3.64. The minimum absolute atomic E-state index is 0.182. The Morgan fingerprint density at radius 3 is 2.09 bits per heavy atom. The molecule has 0 aliphatic heterocycles. The zero-order valence-corrected chi connectivity index (χ0v) is 15.2. The fourth-order valence-corrected chi connectivity index (χ4v) is 2.58. The highest BCUT2D eigenvalue weighted by Gasteiger charge is 2.23. The van der Waals surface area contributed by atoms with Crippen molar-refractivity contribution >= 4 is 28.4 Å². The van der Waals surface area contributed by atoms with E-state index in [1.54, 1.807) is 27.7 Å². The van der Waals surface area contributed by atoms with Gasteiger partial charge in [-0.15, -0.1) is 11.3 Å². The van der Waals surface area contributed by atoms with E-state index in [2.05, 4.69) is 10.3 Å². The number of ether oxygens (including phenoxy) is 2. The summed E-state index contributed by atoms with van der Waals surface area (Å²) < 4.78 is 10.2. The zero-order valence-electron chi connectivity index (χ0n) is 14.4. The molecule has 23 heavy (non-hydrogen) atoms. The lowest BCUT2D eigenvalue weighted by molar-refractivity contribution is -0.150. The summed E-state index contributed by atoms with van der Waals surface area (Å²) in [5.74, 6) is -1.44. The van der Waals surface area contributed by atoms with E-state index >= 15 is 0 Å². The third kappa shape index (κ3) is 6.02. The number of carbonyl (C=O) groups excluding carboxylic acids is 2. The topological polar surface area (TPSA) is 77.5 Å². The van der Waals surface area contributed by atoms with Crippen molar-refractivity contribution in [3.63, 3.8) is 0 Å². The molecule has 128 valence electrons. The standard InChI is InChI=1S/C16H24N2O4S/c1-7-13-11(6)23-16(18-13)17-8-12(14(19)21-9(2)3)15(20)22-10(4)5/h8-10H,7H2,1-6H3,(H,17,18). The first-order valence-corrected chi connectivity index (χ1v) is 8.41. The molecule has 1 aromatic rings. The number of anilines is 1. The number of nitrogens with one attached hydrogen (secondary N) is 1. The summed E-state index contributed by atoms with van der Waals surface area (Å²) in [6.45, 7) is 10.9. The van der Waals surface area contributed by atoms with Crippen molar-refractivity contribution < 1.29 is 19.1 Å². The first-order valence-electron chi connectivity index (χ1n) is 7.59. The summed E-state index contributed by atoms with van der Waals surface area (Å²) in [6, 6.07) is 0. The molecule has 7 heteroatoms. The van der Waals surface area contributed by atoms with E-state index in [1.165, 1.54) is 17.5 Å². The second-order valence-electron chi connectivity index (χ2n) is 5.49. The Balaban J connectivity index is 2.97. The molecule has 0 spiro atoms. The number of esters is 2. The van der Waals surface area contributed by atoms with Crippen LogP contribution in [0.1, 0.15) is 45.2 Å². The van der Waals surface area contributed by atoms with Crippen LogP contribution in [0.3, 0.4) is 0 Å². The lowest BCUT2D eigenvalue weighted by Gasteiger charge is -2.12. The predicted molar refractivity (Wildman–Crippen MR) is 90.4 cm³/mol. The molecule has 0 aromatic carbocycles. The van der Waals surface area contributed by atoms with Crippen LogP contribution in [0.25, 0.3) is 0 Å². The van der Waals surface area contributed by atoms with Crippen molar-refractivity contribution in [2.45, 2.75) is 60.2 Å². The van der Waals surface area contributed by atoms with Gasteiger partial charge in [0.1, 0.15) is 0 Å². The molecule has 0 unspecified atom stereocenters. The summed E-state index contributed by atoms with van der Waals surface area (Å²) in [5, 5.41) is 3.51. The molecule has 1 N–H and O–H groups in total. The lowest BCUT2D eigenvalue weighted by atomic mass is 10.3. The summed E-state index contributed by atoms with van der Waals surface area (Å²) >= 11 is 1.46. The average molecular weight is 340 g/mol. The number of aromatic nitrogens is 1. The lowest BCUT2D eigenvalue weighted by Crippen LogP contribution is -2.23. The largest absolute Gasteiger partial charge is 0.459 e. The molecule has 0 atom stereocenters. The highest BCUT2D eigenvalue weighted by atomic mass is 32.1. The van der Waals surface area contributed by atoms with Gasteiger partial charge in [-0.3, -0.25) is 0 Å². The van der Waals surface area contributed by atoms with Crippen molar-refractivity contribution in [1.82, 2.24) is 4.98 Å². The Morgan fingerprint density at radius 1 is 1.17 bits per heavy atom. The van der Waals surface area contributed by atoms with Crippen LogP contribution >= 0.6 is 11.3 Å². The van der Waals surface area contributed by atoms with Crippen molar-refractivity contribution in [3.8, 4) is 0 Å². The van der Waals surface area contributed by atoms with Crippen LogP contribution in [-0.4, -0.2) is 29.1 Å². The second-order valence-corrected chi connectivity index (χ2v) is 6.69. The maximum Gasteiger partial charge on any atom is 0.347 e.